The second-order valence-corrected chi connectivity index (χ2v) is 5.80. The van der Waals surface area contributed by atoms with Crippen molar-refractivity contribution in [1.29, 1.82) is 0 Å². The van der Waals surface area contributed by atoms with Gasteiger partial charge in [0, 0.05) is 0 Å². The SMILES string of the molecule is CC1=[C-]C(C)C(C)=C1C.C[CH-]N(CCCC)CCCC.Cl.Cl.[Ti+2]. The molecule has 0 amide bonds. The van der Waals surface area contributed by atoms with E-state index in [1.54, 1.807) is 0 Å². The third-order valence-electron chi connectivity index (χ3n) is 4.20. The number of halogens is 2. The quantitative estimate of drug-likeness (QED) is 0.344. The first-order chi connectivity index (χ1) is 9.47. The summed E-state index contributed by atoms with van der Waals surface area (Å²) in [7, 11) is 0. The average molecular weight is 398 g/mol. The molecule has 0 spiro atoms. The zero-order valence-corrected chi connectivity index (χ0v) is 19.4. The molecule has 0 heterocycles. The van der Waals surface area contributed by atoms with E-state index in [-0.39, 0.29) is 46.5 Å². The minimum atomic E-state index is 0. The van der Waals surface area contributed by atoms with Gasteiger partial charge in [-0.3, -0.25) is 12.6 Å². The maximum absolute atomic E-state index is 3.36. The summed E-state index contributed by atoms with van der Waals surface area (Å²) >= 11 is 0. The van der Waals surface area contributed by atoms with E-state index >= 15 is 0 Å². The van der Waals surface area contributed by atoms with E-state index in [1.807, 2.05) is 0 Å². The fraction of sp³-hybridized carbons (Fsp3) is 0.737. The van der Waals surface area contributed by atoms with Crippen molar-refractivity contribution in [1.82, 2.24) is 4.90 Å². The maximum atomic E-state index is 3.36. The molecule has 0 aromatic rings. The molecule has 0 bridgehead atoms. The van der Waals surface area contributed by atoms with Crippen molar-refractivity contribution in [2.24, 2.45) is 5.92 Å². The van der Waals surface area contributed by atoms with Crippen LogP contribution in [0.1, 0.15) is 74.1 Å². The summed E-state index contributed by atoms with van der Waals surface area (Å²) in [4.78, 5) is 2.42. The molecular weight excluding hydrogens is 361 g/mol. The van der Waals surface area contributed by atoms with Crippen molar-refractivity contribution in [3.63, 3.8) is 0 Å². The van der Waals surface area contributed by atoms with Crippen LogP contribution < -0.4 is 0 Å². The van der Waals surface area contributed by atoms with Crippen molar-refractivity contribution >= 4 is 24.8 Å². The number of rotatable bonds is 7. The van der Waals surface area contributed by atoms with Crippen LogP contribution in [0.25, 0.3) is 0 Å². The van der Waals surface area contributed by atoms with Gasteiger partial charge in [0.25, 0.3) is 0 Å². The van der Waals surface area contributed by atoms with Crippen molar-refractivity contribution in [2.45, 2.75) is 74.1 Å². The standard InChI is InChI=1S/C10H22N.C9H13.2ClH.Ti/c1-4-7-9-11(6-3)10-8-5-2;1-6-5-7(2)9(4)8(6)3;;;/h6H,4-5,7-10H2,1-3H3;6H,1-4H3;2*1H;/q2*-1;;;+2. The molecule has 136 valence electrons. The summed E-state index contributed by atoms with van der Waals surface area (Å²) in [6, 6.07) is 0. The third kappa shape index (κ3) is 13.7. The van der Waals surface area contributed by atoms with E-state index in [9.17, 15) is 0 Å². The first kappa shape index (κ1) is 31.5. The molecule has 0 N–H and O–H groups in total. The smallest absolute Gasteiger partial charge is 0.457 e. The number of hydrogen-bond donors (Lipinski definition) is 0. The van der Waals surface area contributed by atoms with Crippen LogP contribution in [-0.4, -0.2) is 18.0 Å². The number of hydrogen-bond acceptors (Lipinski definition) is 1. The molecule has 23 heavy (non-hydrogen) atoms. The van der Waals surface area contributed by atoms with Gasteiger partial charge in [0.15, 0.2) is 0 Å². The Bertz CT molecular complexity index is 319. The van der Waals surface area contributed by atoms with E-state index in [0.717, 1.165) is 0 Å². The molecule has 4 heteroatoms. The molecule has 0 fully saturated rings. The fourth-order valence-electron chi connectivity index (χ4n) is 2.25. The van der Waals surface area contributed by atoms with E-state index in [0.29, 0.717) is 5.92 Å². The van der Waals surface area contributed by atoms with E-state index in [1.165, 1.54) is 55.5 Å². The van der Waals surface area contributed by atoms with Gasteiger partial charge in [-0.1, -0.05) is 53.4 Å². The Kier molecular flexibility index (Phi) is 26.1. The minimum Gasteiger partial charge on any atom is -0.457 e. The van der Waals surface area contributed by atoms with Gasteiger partial charge >= 0.3 is 21.7 Å². The Morgan fingerprint density at radius 3 is 1.61 bits per heavy atom. The number of allylic oxidation sites excluding steroid dienone is 4. The molecule has 1 rings (SSSR count). The maximum Gasteiger partial charge on any atom is 2.00 e. The minimum absolute atomic E-state index is 0. The summed E-state index contributed by atoms with van der Waals surface area (Å²) in [5, 5.41) is 0. The van der Waals surface area contributed by atoms with Crippen LogP contribution in [-0.2, 0) is 21.7 Å². The van der Waals surface area contributed by atoms with Gasteiger partial charge in [0.2, 0.25) is 0 Å². The summed E-state index contributed by atoms with van der Waals surface area (Å²) in [6.07, 6.45) is 8.62. The van der Waals surface area contributed by atoms with Gasteiger partial charge < -0.3 is 4.90 Å². The predicted molar refractivity (Wildman–Crippen MR) is 106 cm³/mol. The molecular formula is C19H37Cl2NTi. The molecule has 1 unspecified atom stereocenters. The molecule has 0 aromatic carbocycles. The number of unbranched alkanes of at least 4 members (excludes halogenated alkanes) is 2. The normalized spacial score (nSPS) is 15.8. The summed E-state index contributed by atoms with van der Waals surface area (Å²) in [5.74, 6) is 0.560. The van der Waals surface area contributed by atoms with Crippen LogP contribution in [0, 0.1) is 18.5 Å². The van der Waals surface area contributed by atoms with E-state index < -0.39 is 0 Å². The zero-order valence-electron chi connectivity index (χ0n) is 16.2. The first-order valence-corrected chi connectivity index (χ1v) is 8.29. The van der Waals surface area contributed by atoms with Crippen LogP contribution in [0.4, 0.5) is 0 Å². The van der Waals surface area contributed by atoms with Gasteiger partial charge in [-0.2, -0.15) is 18.1 Å². The summed E-state index contributed by atoms with van der Waals surface area (Å²) < 4.78 is 0. The zero-order chi connectivity index (χ0) is 15.5. The van der Waals surface area contributed by atoms with Crippen LogP contribution in [0.15, 0.2) is 16.7 Å². The Labute approximate surface area is 173 Å². The topological polar surface area (TPSA) is 3.24 Å². The molecule has 0 saturated heterocycles. The molecule has 1 nitrogen and oxygen atoms in total. The molecule has 0 aliphatic heterocycles. The van der Waals surface area contributed by atoms with Crippen LogP contribution in [0.2, 0.25) is 0 Å². The molecule has 0 radical (unpaired) electrons. The van der Waals surface area contributed by atoms with Gasteiger partial charge in [-0.05, 0) is 25.9 Å². The van der Waals surface area contributed by atoms with Crippen molar-refractivity contribution in [3.8, 4) is 0 Å². The van der Waals surface area contributed by atoms with Gasteiger partial charge in [-0.15, -0.1) is 31.7 Å². The molecule has 1 atom stereocenters. The average Bonchev–Trinajstić information content (AvgIpc) is 2.66. The van der Waals surface area contributed by atoms with Crippen LogP contribution >= 0.6 is 24.8 Å². The second-order valence-electron chi connectivity index (χ2n) is 5.80. The van der Waals surface area contributed by atoms with Crippen molar-refractivity contribution in [3.05, 3.63) is 29.3 Å². The summed E-state index contributed by atoms with van der Waals surface area (Å²) in [5.41, 5.74) is 4.25. The fourth-order valence-corrected chi connectivity index (χ4v) is 2.25. The first-order valence-electron chi connectivity index (χ1n) is 8.29. The van der Waals surface area contributed by atoms with Crippen LogP contribution in [0.3, 0.4) is 0 Å². The Balaban J connectivity index is -0.000000140. The molecule has 1 aliphatic rings. The van der Waals surface area contributed by atoms with E-state index in [2.05, 4.69) is 66.0 Å². The van der Waals surface area contributed by atoms with Crippen molar-refractivity contribution < 1.29 is 21.7 Å². The van der Waals surface area contributed by atoms with Gasteiger partial charge in [0.05, 0.1) is 0 Å². The number of nitrogens with zero attached hydrogens (tertiary/aromatic N) is 1. The molecule has 1 aliphatic carbocycles. The van der Waals surface area contributed by atoms with Crippen molar-refractivity contribution in [2.75, 3.05) is 13.1 Å². The largest absolute Gasteiger partial charge is 2.00 e. The Morgan fingerprint density at radius 1 is 1.00 bits per heavy atom. The second kappa shape index (κ2) is 19.1. The monoisotopic (exact) mass is 397 g/mol. The predicted octanol–water partition coefficient (Wildman–Crippen LogP) is 6.63. The molecule has 0 saturated carbocycles. The van der Waals surface area contributed by atoms with E-state index in [4.69, 9.17) is 0 Å². The van der Waals surface area contributed by atoms with Crippen LogP contribution in [0.5, 0.6) is 0 Å². The van der Waals surface area contributed by atoms with Gasteiger partial charge in [0.1, 0.15) is 0 Å². The molecule has 0 aromatic heterocycles. The Morgan fingerprint density at radius 2 is 1.43 bits per heavy atom. The Hall–Kier alpha value is 0.734. The van der Waals surface area contributed by atoms with Gasteiger partial charge in [-0.25, -0.2) is 5.57 Å². The third-order valence-corrected chi connectivity index (χ3v) is 4.20. The summed E-state index contributed by atoms with van der Waals surface area (Å²) in [6.45, 7) is 20.0.